The zero-order chi connectivity index (χ0) is 16.7. The first-order valence-electron chi connectivity index (χ1n) is 7.33. The summed E-state index contributed by atoms with van der Waals surface area (Å²) in [5, 5.41) is 8.71. The van der Waals surface area contributed by atoms with E-state index in [-0.39, 0.29) is 25.4 Å². The number of ether oxygens (including phenoxy) is 1. The summed E-state index contributed by atoms with van der Waals surface area (Å²) in [4.78, 5) is 25.2. The highest BCUT2D eigenvalue weighted by Gasteiger charge is 2.13. The van der Waals surface area contributed by atoms with Crippen LogP contribution in [0, 0.1) is 0 Å². The normalized spacial score (nSPS) is 10.3. The summed E-state index contributed by atoms with van der Waals surface area (Å²) in [6.07, 6.45) is 0.222. The number of hydrogen-bond donors (Lipinski definition) is 1. The Kier molecular flexibility index (Phi) is 6.38. The first-order valence-corrected chi connectivity index (χ1v) is 8.15. The molecular weight excluding hydrogens is 312 g/mol. The van der Waals surface area contributed by atoms with Gasteiger partial charge in [-0.15, -0.1) is 0 Å². The molecule has 2 rings (SSSR count). The lowest BCUT2D eigenvalue weighted by molar-refractivity contribution is -0.114. The number of aliphatic hydroxyl groups is 1. The molecule has 0 atom stereocenters. The Labute approximate surface area is 139 Å². The Morgan fingerprint density at radius 1 is 1.00 bits per heavy atom. The van der Waals surface area contributed by atoms with Crippen LogP contribution in [0.15, 0.2) is 58.3 Å². The summed E-state index contributed by atoms with van der Waals surface area (Å²) >= 11 is 1.55. The van der Waals surface area contributed by atoms with Gasteiger partial charge in [0, 0.05) is 21.8 Å². The van der Waals surface area contributed by atoms with Gasteiger partial charge in [-0.05, 0) is 48.5 Å². The molecule has 0 amide bonds. The van der Waals surface area contributed by atoms with Gasteiger partial charge in [-0.25, -0.2) is 0 Å². The topological polar surface area (TPSA) is 63.6 Å². The lowest BCUT2D eigenvalue weighted by Gasteiger charge is -2.06. The van der Waals surface area contributed by atoms with E-state index in [0.29, 0.717) is 11.3 Å². The van der Waals surface area contributed by atoms with Crippen LogP contribution in [0.25, 0.3) is 0 Å². The third-order valence-electron chi connectivity index (χ3n) is 3.11. The van der Waals surface area contributed by atoms with Crippen LogP contribution in [-0.4, -0.2) is 29.9 Å². The van der Waals surface area contributed by atoms with E-state index in [4.69, 9.17) is 9.84 Å². The van der Waals surface area contributed by atoms with Gasteiger partial charge < -0.3 is 9.84 Å². The van der Waals surface area contributed by atoms with Gasteiger partial charge in [-0.1, -0.05) is 18.7 Å². The van der Waals surface area contributed by atoms with Crippen molar-refractivity contribution in [3.8, 4) is 5.75 Å². The first-order chi connectivity index (χ1) is 11.1. The largest absolute Gasteiger partial charge is 0.491 e. The number of hydrogen-bond acceptors (Lipinski definition) is 5. The van der Waals surface area contributed by atoms with Gasteiger partial charge in [-0.3, -0.25) is 9.59 Å². The van der Waals surface area contributed by atoms with E-state index in [1.54, 1.807) is 30.8 Å². The van der Waals surface area contributed by atoms with Crippen molar-refractivity contribution >= 4 is 23.3 Å². The number of carbonyl (C=O) groups excluding carboxylic acids is 2. The van der Waals surface area contributed by atoms with Crippen LogP contribution in [0.4, 0.5) is 0 Å². The standard InChI is InChI=1S/C18H18O4S/c1-2-17(20)18(21)13-3-7-15(8-4-13)23-16-9-5-14(6-10-16)22-12-11-19/h3-10,19H,2,11-12H2,1H3. The predicted molar refractivity (Wildman–Crippen MR) is 89.2 cm³/mol. The van der Waals surface area contributed by atoms with Gasteiger partial charge in [0.2, 0.25) is 11.6 Å². The van der Waals surface area contributed by atoms with Crippen molar-refractivity contribution in [3.05, 3.63) is 54.1 Å². The van der Waals surface area contributed by atoms with E-state index in [0.717, 1.165) is 9.79 Å². The molecule has 0 unspecified atom stereocenters. The molecule has 2 aromatic rings. The molecule has 0 saturated carbocycles. The Morgan fingerprint density at radius 3 is 2.09 bits per heavy atom. The Balaban J connectivity index is 2.00. The average molecular weight is 330 g/mol. The molecule has 0 saturated heterocycles. The molecule has 0 aliphatic rings. The van der Waals surface area contributed by atoms with Crippen molar-refractivity contribution in [2.45, 2.75) is 23.1 Å². The summed E-state index contributed by atoms with van der Waals surface area (Å²) in [5.74, 6) is -0.0965. The maximum Gasteiger partial charge on any atom is 0.228 e. The van der Waals surface area contributed by atoms with Crippen LogP contribution in [0.3, 0.4) is 0 Å². The minimum absolute atomic E-state index is 0.0118. The van der Waals surface area contributed by atoms with E-state index >= 15 is 0 Å². The summed E-state index contributed by atoms with van der Waals surface area (Å²) in [6.45, 7) is 1.94. The molecule has 1 N–H and O–H groups in total. The second kappa shape index (κ2) is 8.50. The average Bonchev–Trinajstić information content (AvgIpc) is 2.60. The van der Waals surface area contributed by atoms with E-state index in [1.165, 1.54) is 0 Å². The molecule has 0 radical (unpaired) electrons. The van der Waals surface area contributed by atoms with Crippen LogP contribution >= 0.6 is 11.8 Å². The SMILES string of the molecule is CCC(=O)C(=O)c1ccc(Sc2ccc(OCCO)cc2)cc1. The zero-order valence-electron chi connectivity index (χ0n) is 12.8. The molecular formula is C18H18O4S. The molecule has 0 aliphatic heterocycles. The van der Waals surface area contributed by atoms with E-state index < -0.39 is 5.78 Å². The number of benzene rings is 2. The molecule has 0 heterocycles. The Morgan fingerprint density at radius 2 is 1.57 bits per heavy atom. The Bertz CT molecular complexity index is 662. The van der Waals surface area contributed by atoms with Gasteiger partial charge in [0.15, 0.2) is 0 Å². The van der Waals surface area contributed by atoms with Crippen molar-refractivity contribution in [1.29, 1.82) is 0 Å². The van der Waals surface area contributed by atoms with Gasteiger partial charge in [0.25, 0.3) is 0 Å². The fraction of sp³-hybridized carbons (Fsp3) is 0.222. The van der Waals surface area contributed by atoms with E-state index in [1.807, 2.05) is 36.4 Å². The van der Waals surface area contributed by atoms with E-state index in [9.17, 15) is 9.59 Å². The minimum Gasteiger partial charge on any atom is -0.491 e. The maximum absolute atomic E-state index is 11.8. The number of Topliss-reactive ketones (excluding diaryl/α,β-unsaturated/α-hetero) is 2. The molecule has 23 heavy (non-hydrogen) atoms. The van der Waals surface area contributed by atoms with Crippen LogP contribution in [0.2, 0.25) is 0 Å². The maximum atomic E-state index is 11.8. The molecule has 0 spiro atoms. The van der Waals surface area contributed by atoms with Crippen LogP contribution in [-0.2, 0) is 4.79 Å². The van der Waals surface area contributed by atoms with Crippen molar-refractivity contribution in [1.82, 2.24) is 0 Å². The van der Waals surface area contributed by atoms with Gasteiger partial charge in [0.05, 0.1) is 6.61 Å². The van der Waals surface area contributed by atoms with Crippen LogP contribution < -0.4 is 4.74 Å². The summed E-state index contributed by atoms with van der Waals surface area (Å²) in [5.41, 5.74) is 0.425. The molecule has 5 heteroatoms. The summed E-state index contributed by atoms with van der Waals surface area (Å²) in [7, 11) is 0. The quantitative estimate of drug-likeness (QED) is 0.594. The fourth-order valence-electron chi connectivity index (χ4n) is 1.90. The molecule has 4 nitrogen and oxygen atoms in total. The number of aliphatic hydroxyl groups excluding tert-OH is 1. The number of rotatable bonds is 8. The first kappa shape index (κ1) is 17.2. The Hall–Kier alpha value is -2.11. The van der Waals surface area contributed by atoms with Crippen molar-refractivity contribution < 1.29 is 19.4 Å². The number of ketones is 2. The summed E-state index contributed by atoms with van der Waals surface area (Å²) < 4.78 is 5.31. The highest BCUT2D eigenvalue weighted by Crippen LogP contribution is 2.29. The van der Waals surface area contributed by atoms with Crippen LogP contribution in [0.5, 0.6) is 5.75 Å². The molecule has 0 aliphatic carbocycles. The predicted octanol–water partition coefficient (Wildman–Crippen LogP) is 3.37. The zero-order valence-corrected chi connectivity index (χ0v) is 13.6. The lowest BCUT2D eigenvalue weighted by atomic mass is 10.1. The minimum atomic E-state index is -0.436. The lowest BCUT2D eigenvalue weighted by Crippen LogP contribution is -2.12. The van der Waals surface area contributed by atoms with E-state index in [2.05, 4.69) is 0 Å². The summed E-state index contributed by atoms with van der Waals surface area (Å²) in [6, 6.07) is 14.6. The second-order valence-electron chi connectivity index (χ2n) is 4.78. The van der Waals surface area contributed by atoms with Gasteiger partial charge in [-0.2, -0.15) is 0 Å². The third kappa shape index (κ3) is 4.94. The smallest absolute Gasteiger partial charge is 0.228 e. The number of carbonyl (C=O) groups is 2. The molecule has 0 aromatic heterocycles. The molecule has 120 valence electrons. The van der Waals surface area contributed by atoms with Crippen LogP contribution in [0.1, 0.15) is 23.7 Å². The van der Waals surface area contributed by atoms with Crippen molar-refractivity contribution in [2.75, 3.05) is 13.2 Å². The third-order valence-corrected chi connectivity index (χ3v) is 4.13. The second-order valence-corrected chi connectivity index (χ2v) is 5.92. The fourth-order valence-corrected chi connectivity index (χ4v) is 2.72. The van der Waals surface area contributed by atoms with Gasteiger partial charge in [0.1, 0.15) is 12.4 Å². The molecule has 2 aromatic carbocycles. The monoisotopic (exact) mass is 330 g/mol. The van der Waals surface area contributed by atoms with Crippen molar-refractivity contribution in [3.63, 3.8) is 0 Å². The van der Waals surface area contributed by atoms with Gasteiger partial charge >= 0.3 is 0 Å². The molecule has 0 bridgehead atoms. The molecule has 0 fully saturated rings. The van der Waals surface area contributed by atoms with Crippen molar-refractivity contribution in [2.24, 2.45) is 0 Å². The highest BCUT2D eigenvalue weighted by molar-refractivity contribution is 7.99. The highest BCUT2D eigenvalue weighted by atomic mass is 32.2.